The van der Waals surface area contributed by atoms with Gasteiger partial charge in [0.15, 0.2) is 0 Å². The normalized spacial score (nSPS) is 16.7. The monoisotopic (exact) mass is 229 g/mol. The van der Waals surface area contributed by atoms with E-state index in [1.165, 1.54) is 19.1 Å². The zero-order valence-corrected chi connectivity index (χ0v) is 9.60. The number of carbonyl (C=O) groups excluding carboxylic acids is 3. The number of amides is 4. The molecule has 4 amide bonds. The van der Waals surface area contributed by atoms with Crippen molar-refractivity contribution in [1.82, 2.24) is 14.9 Å². The van der Waals surface area contributed by atoms with Crippen LogP contribution in [0.25, 0.3) is 0 Å². The number of urea groups is 1. The van der Waals surface area contributed by atoms with Crippen molar-refractivity contribution < 1.29 is 19.2 Å². The second kappa shape index (κ2) is 4.93. The van der Waals surface area contributed by atoms with Crippen molar-refractivity contribution in [2.24, 2.45) is 0 Å². The second-order valence-electron chi connectivity index (χ2n) is 3.30. The van der Waals surface area contributed by atoms with Gasteiger partial charge in [-0.2, -0.15) is 0 Å². The van der Waals surface area contributed by atoms with Crippen LogP contribution in [-0.4, -0.2) is 66.5 Å². The predicted octanol–water partition coefficient (Wildman–Crippen LogP) is -0.710. The molecule has 1 aliphatic heterocycles. The number of nitrogens with zero attached hydrogens (tertiary/aromatic N) is 3. The lowest BCUT2D eigenvalue weighted by molar-refractivity contribution is -0.156. The molecule has 1 aliphatic rings. The molecule has 0 saturated carbocycles. The Bertz CT molecular complexity index is 318. The van der Waals surface area contributed by atoms with Gasteiger partial charge >= 0.3 is 17.8 Å². The van der Waals surface area contributed by atoms with Crippen molar-refractivity contribution in [3.8, 4) is 0 Å². The van der Waals surface area contributed by atoms with Crippen LogP contribution in [0.15, 0.2) is 0 Å². The molecular formula is C9H15N3O4. The van der Waals surface area contributed by atoms with Gasteiger partial charge in [0.2, 0.25) is 0 Å². The van der Waals surface area contributed by atoms with Gasteiger partial charge in [0.1, 0.15) is 0 Å². The molecule has 0 spiro atoms. The molecule has 0 atom stereocenters. The summed E-state index contributed by atoms with van der Waals surface area (Å²) in [5.74, 6) is -1.45. The maximum atomic E-state index is 11.6. The summed E-state index contributed by atoms with van der Waals surface area (Å²) in [5.41, 5.74) is 0. The van der Waals surface area contributed by atoms with Crippen molar-refractivity contribution in [3.05, 3.63) is 0 Å². The number of piperazine rings is 1. The molecule has 7 heteroatoms. The van der Waals surface area contributed by atoms with E-state index in [2.05, 4.69) is 4.84 Å². The highest BCUT2D eigenvalue weighted by Crippen LogP contribution is 2.07. The van der Waals surface area contributed by atoms with Crippen LogP contribution < -0.4 is 0 Å². The summed E-state index contributed by atoms with van der Waals surface area (Å²) < 4.78 is 0. The minimum Gasteiger partial charge on any atom is -0.333 e. The summed E-state index contributed by atoms with van der Waals surface area (Å²) in [6.45, 7) is 2.81. The van der Waals surface area contributed by atoms with Crippen LogP contribution in [0, 0.1) is 0 Å². The highest BCUT2D eigenvalue weighted by molar-refractivity contribution is 6.38. The van der Waals surface area contributed by atoms with Crippen LogP contribution >= 0.6 is 0 Å². The van der Waals surface area contributed by atoms with Crippen molar-refractivity contribution in [3.63, 3.8) is 0 Å². The minimum absolute atomic E-state index is 0.199. The van der Waals surface area contributed by atoms with Crippen LogP contribution in [0.4, 0.5) is 4.79 Å². The second-order valence-corrected chi connectivity index (χ2v) is 3.30. The van der Waals surface area contributed by atoms with Crippen molar-refractivity contribution in [2.45, 2.75) is 6.92 Å². The van der Waals surface area contributed by atoms with Gasteiger partial charge in [-0.1, -0.05) is 0 Å². The van der Waals surface area contributed by atoms with Gasteiger partial charge in [0, 0.05) is 26.7 Å². The van der Waals surface area contributed by atoms with Crippen LogP contribution in [-0.2, 0) is 14.4 Å². The lowest BCUT2D eigenvalue weighted by atomic mass is 10.3. The van der Waals surface area contributed by atoms with Crippen LogP contribution in [0.3, 0.4) is 0 Å². The third-order valence-corrected chi connectivity index (χ3v) is 2.46. The lowest BCUT2D eigenvalue weighted by Gasteiger charge is -2.33. The smallest absolute Gasteiger partial charge is 0.333 e. The molecule has 16 heavy (non-hydrogen) atoms. The van der Waals surface area contributed by atoms with Crippen LogP contribution in [0.2, 0.25) is 0 Å². The Hall–Kier alpha value is -1.63. The Morgan fingerprint density at radius 3 is 2.50 bits per heavy atom. The molecule has 0 aromatic carbocycles. The molecule has 0 unspecified atom stereocenters. The van der Waals surface area contributed by atoms with Gasteiger partial charge in [-0.15, -0.1) is 0 Å². The highest BCUT2D eigenvalue weighted by Gasteiger charge is 2.36. The van der Waals surface area contributed by atoms with E-state index in [0.717, 1.165) is 9.96 Å². The predicted molar refractivity (Wildman–Crippen MR) is 54.1 cm³/mol. The van der Waals surface area contributed by atoms with E-state index in [1.54, 1.807) is 6.92 Å². The van der Waals surface area contributed by atoms with Crippen molar-refractivity contribution in [1.29, 1.82) is 0 Å². The Morgan fingerprint density at radius 2 is 2.00 bits per heavy atom. The number of hydrogen-bond donors (Lipinski definition) is 0. The Morgan fingerprint density at radius 1 is 1.38 bits per heavy atom. The maximum Gasteiger partial charge on any atom is 0.350 e. The summed E-state index contributed by atoms with van der Waals surface area (Å²) >= 11 is 0. The summed E-state index contributed by atoms with van der Waals surface area (Å²) in [4.78, 5) is 41.7. The van der Waals surface area contributed by atoms with Crippen LogP contribution in [0.1, 0.15) is 6.92 Å². The van der Waals surface area contributed by atoms with Crippen molar-refractivity contribution >= 4 is 17.8 Å². The average molecular weight is 229 g/mol. The number of imide groups is 1. The first-order valence-corrected chi connectivity index (χ1v) is 4.95. The number of likely N-dealkylation sites (N-methyl/N-ethyl adjacent to an activating group) is 1. The van der Waals surface area contributed by atoms with Gasteiger partial charge < -0.3 is 4.90 Å². The summed E-state index contributed by atoms with van der Waals surface area (Å²) in [6.07, 6.45) is 0. The fourth-order valence-corrected chi connectivity index (χ4v) is 1.41. The van der Waals surface area contributed by atoms with E-state index >= 15 is 0 Å². The molecule has 1 saturated heterocycles. The molecule has 0 aromatic rings. The Balaban J connectivity index is 2.75. The standard InChI is InChI=1S/C9H15N3O4/c1-4-11-5-6-12(8(14)7(11)13)9(15)10(2)16-3/h4-6H2,1-3H3. The minimum atomic E-state index is -0.804. The highest BCUT2D eigenvalue weighted by atomic mass is 16.7. The quantitative estimate of drug-likeness (QED) is 0.463. The summed E-state index contributed by atoms with van der Waals surface area (Å²) in [7, 11) is 2.69. The van der Waals surface area contributed by atoms with E-state index < -0.39 is 17.8 Å². The van der Waals surface area contributed by atoms with Gasteiger partial charge in [-0.25, -0.2) is 9.86 Å². The number of carbonyl (C=O) groups is 3. The SMILES string of the molecule is CCN1CCN(C(=O)N(C)OC)C(=O)C1=O. The molecule has 0 N–H and O–H groups in total. The molecule has 0 radical (unpaired) electrons. The molecule has 0 aromatic heterocycles. The van der Waals surface area contributed by atoms with Crippen LogP contribution in [0.5, 0.6) is 0 Å². The summed E-state index contributed by atoms with van der Waals surface area (Å²) in [5, 5.41) is 0.910. The zero-order chi connectivity index (χ0) is 12.3. The molecule has 0 bridgehead atoms. The van der Waals surface area contributed by atoms with Gasteiger partial charge in [0.05, 0.1) is 7.11 Å². The number of hydrogen-bond acceptors (Lipinski definition) is 4. The first kappa shape index (κ1) is 12.4. The molecule has 1 fully saturated rings. The van der Waals surface area contributed by atoms with E-state index in [9.17, 15) is 14.4 Å². The number of rotatable bonds is 2. The van der Waals surface area contributed by atoms with E-state index in [1.807, 2.05) is 0 Å². The fourth-order valence-electron chi connectivity index (χ4n) is 1.41. The molecule has 1 rings (SSSR count). The molecule has 0 aliphatic carbocycles. The fraction of sp³-hybridized carbons (Fsp3) is 0.667. The van der Waals surface area contributed by atoms with E-state index in [-0.39, 0.29) is 6.54 Å². The van der Waals surface area contributed by atoms with Gasteiger partial charge in [-0.05, 0) is 6.92 Å². The first-order chi connectivity index (χ1) is 7.52. The Kier molecular flexibility index (Phi) is 3.83. The molecular weight excluding hydrogens is 214 g/mol. The summed E-state index contributed by atoms with van der Waals surface area (Å²) in [6, 6.07) is -0.628. The third kappa shape index (κ3) is 2.13. The zero-order valence-electron chi connectivity index (χ0n) is 9.60. The van der Waals surface area contributed by atoms with Crippen molar-refractivity contribution in [2.75, 3.05) is 33.8 Å². The molecule has 1 heterocycles. The molecule has 90 valence electrons. The Labute approximate surface area is 93.5 Å². The third-order valence-electron chi connectivity index (χ3n) is 2.46. The van der Waals surface area contributed by atoms with E-state index in [0.29, 0.717) is 13.1 Å². The maximum absolute atomic E-state index is 11.6. The van der Waals surface area contributed by atoms with Gasteiger partial charge in [-0.3, -0.25) is 19.3 Å². The molecule has 7 nitrogen and oxygen atoms in total. The van der Waals surface area contributed by atoms with Gasteiger partial charge in [0.25, 0.3) is 0 Å². The largest absolute Gasteiger partial charge is 0.350 e. The topological polar surface area (TPSA) is 70.2 Å². The lowest BCUT2D eigenvalue weighted by Crippen LogP contribution is -2.58. The average Bonchev–Trinajstić information content (AvgIpc) is 2.30. The number of hydroxylamine groups is 2. The first-order valence-electron chi connectivity index (χ1n) is 4.95. The van der Waals surface area contributed by atoms with E-state index in [4.69, 9.17) is 0 Å².